The summed E-state index contributed by atoms with van der Waals surface area (Å²) in [6, 6.07) is 1.69. The lowest BCUT2D eigenvalue weighted by Gasteiger charge is -2.46. The molecule has 2 fully saturated rings. The highest BCUT2D eigenvalue weighted by molar-refractivity contribution is 8.01. The van der Waals surface area contributed by atoms with Crippen molar-refractivity contribution in [2.75, 3.05) is 18.8 Å². The summed E-state index contributed by atoms with van der Waals surface area (Å²) in [6.07, 6.45) is 1.22. The van der Waals surface area contributed by atoms with Crippen LogP contribution >= 0.6 is 23.1 Å². The van der Waals surface area contributed by atoms with Gasteiger partial charge in [-0.15, -0.1) is 23.1 Å². The van der Waals surface area contributed by atoms with Crippen LogP contribution in [0.3, 0.4) is 0 Å². The molecule has 1 atom stereocenters. The van der Waals surface area contributed by atoms with Gasteiger partial charge in [0.25, 0.3) is 5.91 Å². The Morgan fingerprint density at radius 1 is 1.50 bits per heavy atom. The Bertz CT molecular complexity index is 751. The van der Waals surface area contributed by atoms with E-state index >= 15 is 0 Å². The number of hydrogen-bond donors (Lipinski definition) is 0. The first-order chi connectivity index (χ1) is 11.5. The quantitative estimate of drug-likeness (QED) is 0.830. The molecule has 0 aromatic carbocycles. The van der Waals surface area contributed by atoms with Crippen LogP contribution in [0.25, 0.3) is 0 Å². The molecule has 0 N–H and O–H groups in total. The third-order valence-corrected chi connectivity index (χ3v) is 6.79. The Labute approximate surface area is 148 Å². The largest absolute Gasteiger partial charge is 0.371 e. The molecule has 2 aromatic rings. The highest BCUT2D eigenvalue weighted by Crippen LogP contribution is 2.46. The maximum absolute atomic E-state index is 12.3. The second-order valence-electron chi connectivity index (χ2n) is 6.48. The molecular formula is C16H19N3O3S2. The van der Waals surface area contributed by atoms with Crippen molar-refractivity contribution in [3.63, 3.8) is 0 Å². The minimum atomic E-state index is -0.0656. The van der Waals surface area contributed by atoms with Gasteiger partial charge in [0.05, 0.1) is 33.9 Å². The SMILES string of the molecule is Cc1cc(C(=O)N2CC3(C[C@H](OCc4csc(C)n4)CS3)C2)on1. The lowest BCUT2D eigenvalue weighted by atomic mass is 9.92. The van der Waals surface area contributed by atoms with Crippen molar-refractivity contribution in [1.82, 2.24) is 15.0 Å². The van der Waals surface area contributed by atoms with Crippen LogP contribution in [0.2, 0.25) is 0 Å². The number of ether oxygens (including phenoxy) is 1. The third-order valence-electron chi connectivity index (χ3n) is 4.39. The Morgan fingerprint density at radius 3 is 3.00 bits per heavy atom. The van der Waals surface area contributed by atoms with Crippen LogP contribution in [0.4, 0.5) is 0 Å². The van der Waals surface area contributed by atoms with Crippen molar-refractivity contribution in [2.24, 2.45) is 0 Å². The fourth-order valence-corrected chi connectivity index (χ4v) is 5.37. The zero-order valence-electron chi connectivity index (χ0n) is 13.7. The molecule has 2 aliphatic heterocycles. The monoisotopic (exact) mass is 365 g/mol. The summed E-state index contributed by atoms with van der Waals surface area (Å²) in [7, 11) is 0. The van der Waals surface area contributed by atoms with Gasteiger partial charge in [-0.3, -0.25) is 4.79 Å². The van der Waals surface area contributed by atoms with E-state index in [2.05, 4.69) is 15.5 Å². The molecule has 6 nitrogen and oxygen atoms in total. The fourth-order valence-electron chi connectivity index (χ4n) is 3.22. The highest BCUT2D eigenvalue weighted by Gasteiger charge is 2.51. The van der Waals surface area contributed by atoms with Gasteiger partial charge >= 0.3 is 0 Å². The smallest absolute Gasteiger partial charge is 0.292 e. The van der Waals surface area contributed by atoms with Crippen LogP contribution in [-0.4, -0.2) is 50.6 Å². The van der Waals surface area contributed by atoms with Crippen molar-refractivity contribution in [2.45, 2.75) is 37.7 Å². The molecule has 0 bridgehead atoms. The maximum atomic E-state index is 12.3. The standard InChI is InChI=1S/C16H19N3O3S2/c1-10-3-14(22-18-10)15(20)19-8-16(9-19)4-13(7-24-16)21-5-12-6-23-11(2)17-12/h3,6,13H,4-5,7-9H2,1-2H3/t13-/m0/s1. The van der Waals surface area contributed by atoms with Crippen LogP contribution in [0.5, 0.6) is 0 Å². The summed E-state index contributed by atoms with van der Waals surface area (Å²) in [5.41, 5.74) is 1.74. The molecule has 1 amide bonds. The molecule has 4 rings (SSSR count). The molecule has 0 saturated carbocycles. The molecule has 2 aliphatic rings. The second kappa shape index (κ2) is 6.16. The highest BCUT2D eigenvalue weighted by atomic mass is 32.2. The molecule has 2 aromatic heterocycles. The topological polar surface area (TPSA) is 68.5 Å². The van der Waals surface area contributed by atoms with Crippen molar-refractivity contribution < 1.29 is 14.1 Å². The number of nitrogens with zero attached hydrogens (tertiary/aromatic N) is 3. The van der Waals surface area contributed by atoms with Gasteiger partial charge in [-0.05, 0) is 20.3 Å². The molecule has 128 valence electrons. The van der Waals surface area contributed by atoms with E-state index in [0.717, 1.165) is 41.7 Å². The molecule has 2 saturated heterocycles. The summed E-state index contributed by atoms with van der Waals surface area (Å²) in [5, 5.41) is 6.90. The van der Waals surface area contributed by atoms with Gasteiger partial charge in [0.1, 0.15) is 0 Å². The molecule has 8 heteroatoms. The minimum absolute atomic E-state index is 0.0656. The van der Waals surface area contributed by atoms with E-state index in [1.165, 1.54) is 0 Å². The van der Waals surface area contributed by atoms with Crippen LogP contribution in [0, 0.1) is 13.8 Å². The number of carbonyl (C=O) groups excluding carboxylic acids is 1. The summed E-state index contributed by atoms with van der Waals surface area (Å²) in [6.45, 7) is 5.91. The zero-order valence-corrected chi connectivity index (χ0v) is 15.3. The number of thiazole rings is 1. The lowest BCUT2D eigenvalue weighted by Crippen LogP contribution is -2.60. The van der Waals surface area contributed by atoms with E-state index in [4.69, 9.17) is 9.26 Å². The predicted molar refractivity (Wildman–Crippen MR) is 92.4 cm³/mol. The van der Waals surface area contributed by atoms with Crippen LogP contribution in [-0.2, 0) is 11.3 Å². The molecule has 0 radical (unpaired) electrons. The first-order valence-corrected chi connectivity index (χ1v) is 9.79. The molecule has 24 heavy (non-hydrogen) atoms. The van der Waals surface area contributed by atoms with E-state index < -0.39 is 0 Å². The summed E-state index contributed by atoms with van der Waals surface area (Å²) in [5.74, 6) is 1.24. The zero-order chi connectivity index (χ0) is 16.7. The average Bonchev–Trinajstić information content (AvgIpc) is 3.22. The molecule has 4 heterocycles. The third kappa shape index (κ3) is 3.10. The van der Waals surface area contributed by atoms with E-state index in [9.17, 15) is 4.79 Å². The Morgan fingerprint density at radius 2 is 2.33 bits per heavy atom. The van der Waals surface area contributed by atoms with Gasteiger partial charge in [-0.1, -0.05) is 5.16 Å². The number of amides is 1. The first-order valence-electron chi connectivity index (χ1n) is 7.92. The average molecular weight is 365 g/mol. The number of rotatable bonds is 4. The number of aryl methyl sites for hydroxylation is 2. The summed E-state index contributed by atoms with van der Waals surface area (Å²) >= 11 is 3.57. The summed E-state index contributed by atoms with van der Waals surface area (Å²) < 4.78 is 11.2. The van der Waals surface area contributed by atoms with E-state index in [-0.39, 0.29) is 16.8 Å². The molecule has 0 unspecified atom stereocenters. The van der Waals surface area contributed by atoms with Crippen molar-refractivity contribution in [3.05, 3.63) is 33.6 Å². The molecule has 1 spiro atoms. The Balaban J connectivity index is 1.27. The van der Waals surface area contributed by atoms with Gasteiger partial charge in [0.2, 0.25) is 5.76 Å². The lowest BCUT2D eigenvalue weighted by molar-refractivity contribution is 0.0231. The van der Waals surface area contributed by atoms with E-state index in [1.54, 1.807) is 17.4 Å². The van der Waals surface area contributed by atoms with Gasteiger partial charge in [-0.2, -0.15) is 0 Å². The van der Waals surface area contributed by atoms with Gasteiger partial charge in [-0.25, -0.2) is 4.98 Å². The van der Waals surface area contributed by atoms with Gasteiger partial charge in [0, 0.05) is 30.3 Å². The predicted octanol–water partition coefficient (Wildman–Crippen LogP) is 2.66. The number of likely N-dealkylation sites (tertiary alicyclic amines) is 1. The fraction of sp³-hybridized carbons (Fsp3) is 0.562. The van der Waals surface area contributed by atoms with Crippen molar-refractivity contribution in [3.8, 4) is 0 Å². The Hall–Kier alpha value is -1.38. The molecule has 0 aliphatic carbocycles. The summed E-state index contributed by atoms with van der Waals surface area (Å²) in [4.78, 5) is 18.6. The number of hydrogen-bond acceptors (Lipinski definition) is 7. The van der Waals surface area contributed by atoms with Gasteiger partial charge in [0.15, 0.2) is 0 Å². The normalized spacial score (nSPS) is 22.1. The number of carbonyl (C=O) groups is 1. The second-order valence-corrected chi connectivity index (χ2v) is 9.03. The minimum Gasteiger partial charge on any atom is -0.371 e. The van der Waals surface area contributed by atoms with Crippen LogP contribution < -0.4 is 0 Å². The Kier molecular flexibility index (Phi) is 4.14. The van der Waals surface area contributed by atoms with Crippen molar-refractivity contribution in [1.29, 1.82) is 0 Å². The first kappa shape index (κ1) is 16.1. The maximum Gasteiger partial charge on any atom is 0.292 e. The van der Waals surface area contributed by atoms with Crippen molar-refractivity contribution >= 4 is 29.0 Å². The van der Waals surface area contributed by atoms with Gasteiger partial charge < -0.3 is 14.2 Å². The number of thioether (sulfide) groups is 1. The van der Waals surface area contributed by atoms with E-state index in [0.29, 0.717) is 12.4 Å². The molecular weight excluding hydrogens is 346 g/mol. The van der Waals surface area contributed by atoms with E-state index in [1.807, 2.05) is 30.5 Å². The van der Waals surface area contributed by atoms with Crippen LogP contribution in [0.1, 0.15) is 33.4 Å². The van der Waals surface area contributed by atoms with Crippen LogP contribution in [0.15, 0.2) is 16.0 Å². The number of aromatic nitrogens is 2.